The van der Waals surface area contributed by atoms with Crippen LogP contribution in [0.25, 0.3) is 0 Å². The third-order valence-corrected chi connectivity index (χ3v) is 10.7. The normalized spacial score (nSPS) is 15.2. The summed E-state index contributed by atoms with van der Waals surface area (Å²) in [6.07, 6.45) is -4.23. The molecule has 0 bridgehead atoms. The molecule has 0 unspecified atom stereocenters. The van der Waals surface area contributed by atoms with Gasteiger partial charge in [0.25, 0.3) is 0 Å². The number of carbonyl (C=O) groups is 11. The zero-order chi connectivity index (χ0) is 55.7. The number of carbonyl (C=O) groups excluding carboxylic acids is 8. The topological polar surface area (TPSA) is 476 Å². The first-order valence-corrected chi connectivity index (χ1v) is 23.3. The first-order chi connectivity index (χ1) is 34.1. The first kappa shape index (κ1) is 63.6. The van der Waals surface area contributed by atoms with Gasteiger partial charge in [0.05, 0.1) is 25.2 Å². The van der Waals surface area contributed by atoms with Crippen molar-refractivity contribution in [3.05, 3.63) is 35.9 Å². The lowest BCUT2D eigenvalue weighted by molar-refractivity contribution is -0.144. The number of aliphatic hydroxyl groups is 2. The van der Waals surface area contributed by atoms with Crippen LogP contribution in [0.5, 0.6) is 0 Å². The van der Waals surface area contributed by atoms with Crippen molar-refractivity contribution in [1.82, 2.24) is 42.5 Å². The van der Waals surface area contributed by atoms with Crippen molar-refractivity contribution in [2.24, 2.45) is 34.0 Å². The summed E-state index contributed by atoms with van der Waals surface area (Å²) in [5.74, 6) is -14.2. The molecule has 1 rings (SSSR count). The highest BCUT2D eigenvalue weighted by molar-refractivity contribution is 5.99. The average Bonchev–Trinajstić information content (AvgIpc) is 3.29. The van der Waals surface area contributed by atoms with Gasteiger partial charge in [0.2, 0.25) is 47.3 Å². The highest BCUT2D eigenvalue weighted by Crippen LogP contribution is 2.10. The molecule has 1 aromatic carbocycles. The smallest absolute Gasteiger partial charge is 0.326 e. The summed E-state index contributed by atoms with van der Waals surface area (Å²) in [5.41, 5.74) is 17.6. The second-order valence-corrected chi connectivity index (χ2v) is 17.9. The van der Waals surface area contributed by atoms with Crippen LogP contribution in [0.3, 0.4) is 0 Å². The predicted octanol–water partition coefficient (Wildman–Crippen LogP) is -4.99. The van der Waals surface area contributed by atoms with E-state index < -0.39 is 157 Å². The number of aliphatic imine (C=N–C) groups is 1. The molecular formula is C45H72N12O16. The van der Waals surface area contributed by atoms with Gasteiger partial charge in [0.1, 0.15) is 48.3 Å². The molecule has 0 saturated carbocycles. The van der Waals surface area contributed by atoms with Crippen LogP contribution in [0.1, 0.15) is 85.6 Å². The molecule has 0 aliphatic heterocycles. The van der Waals surface area contributed by atoms with Crippen LogP contribution in [0.4, 0.5) is 0 Å². The van der Waals surface area contributed by atoms with E-state index >= 15 is 0 Å². The monoisotopic (exact) mass is 1040 g/mol. The molecule has 8 amide bonds. The van der Waals surface area contributed by atoms with Gasteiger partial charge in [-0.2, -0.15) is 0 Å². The van der Waals surface area contributed by atoms with Gasteiger partial charge in [-0.15, -0.1) is 0 Å². The number of hydrogen-bond donors (Lipinski definition) is 16. The molecule has 408 valence electrons. The maximum Gasteiger partial charge on any atom is 0.326 e. The molecule has 0 heterocycles. The van der Waals surface area contributed by atoms with E-state index in [0.29, 0.717) is 0 Å². The Kier molecular flexibility index (Phi) is 27.7. The van der Waals surface area contributed by atoms with E-state index in [0.717, 1.165) is 19.4 Å². The van der Waals surface area contributed by atoms with Gasteiger partial charge >= 0.3 is 17.9 Å². The fourth-order valence-electron chi connectivity index (χ4n) is 6.74. The Morgan fingerprint density at radius 3 is 1.59 bits per heavy atom. The summed E-state index contributed by atoms with van der Waals surface area (Å²) >= 11 is 0. The Morgan fingerprint density at radius 2 is 1.07 bits per heavy atom. The quantitative estimate of drug-likeness (QED) is 0.0178. The number of amides is 8. The van der Waals surface area contributed by atoms with Gasteiger partial charge in [0, 0.05) is 13.0 Å². The zero-order valence-electron chi connectivity index (χ0n) is 41.6. The summed E-state index contributed by atoms with van der Waals surface area (Å²) in [5, 5.41) is 67.3. The SMILES string of the molecule is CC(C)C[C@H](NC(=O)[C@@H](N)Cc1ccccc1)C(=O)N[C@H](C(=O)N[C@@H](CC(=O)O)C(=O)N[C@@H](CCC(=O)O)C(=O)N[C@@H](C)C(=O)N[C@@H](CCCN=C(N)N)C(=O)N[C@@H](CO)C(=O)N[C@H](C(=O)O)C(C)C)[C@@H](C)O. The number of benzene rings is 1. The van der Waals surface area contributed by atoms with Gasteiger partial charge in [-0.25, -0.2) is 4.79 Å². The van der Waals surface area contributed by atoms with Gasteiger partial charge in [-0.3, -0.25) is 52.9 Å². The van der Waals surface area contributed by atoms with E-state index in [9.17, 15) is 78.3 Å². The highest BCUT2D eigenvalue weighted by atomic mass is 16.4. The lowest BCUT2D eigenvalue weighted by Crippen LogP contribution is -2.62. The number of nitrogens with one attached hydrogen (secondary N) is 8. The molecule has 73 heavy (non-hydrogen) atoms. The second kappa shape index (κ2) is 31.8. The molecule has 0 radical (unpaired) electrons. The first-order valence-electron chi connectivity index (χ1n) is 23.3. The molecule has 0 saturated heterocycles. The number of rotatable bonds is 33. The third kappa shape index (κ3) is 24.0. The Hall–Kier alpha value is -7.46. The molecule has 0 fully saturated rings. The molecule has 0 aliphatic carbocycles. The van der Waals surface area contributed by atoms with E-state index in [-0.39, 0.29) is 44.1 Å². The van der Waals surface area contributed by atoms with Crippen LogP contribution in [0.15, 0.2) is 35.3 Å². The Labute approximate surface area is 421 Å². The van der Waals surface area contributed by atoms with Crippen LogP contribution < -0.4 is 59.7 Å². The number of nitrogens with two attached hydrogens (primary N) is 3. The standard InChI is InChI=1S/C45H72N12O16/c1-21(2)17-29(53-37(65)26(46)18-25-11-8-7-9-12-25)41(69)57-35(24(6)59)43(71)54-30(19-33(62)63)40(68)52-28(14-15-32(60)61)38(66)50-23(5)36(64)51-27(13-10-16-49-45(47)48)39(67)55-31(20-58)42(70)56-34(22(3)4)44(72)73/h7-9,11-12,21-24,26-31,34-35,58-59H,10,13-20,46H2,1-6H3,(H,50,66)(H,51,64)(H,52,68)(H,53,65)(H,54,71)(H,55,67)(H,56,70)(H,57,69)(H,60,61)(H,62,63)(H,72,73)(H4,47,48,49)/t23-,24+,26-,27-,28-,29-,30-,31-,34-,35-/m0/s1. The van der Waals surface area contributed by atoms with E-state index in [1.807, 2.05) is 0 Å². The van der Waals surface area contributed by atoms with Crippen molar-refractivity contribution in [1.29, 1.82) is 0 Å². The molecule has 28 nitrogen and oxygen atoms in total. The van der Waals surface area contributed by atoms with E-state index in [2.05, 4.69) is 47.5 Å². The average molecular weight is 1040 g/mol. The summed E-state index contributed by atoms with van der Waals surface area (Å²) in [6, 6.07) is -5.43. The van der Waals surface area contributed by atoms with Gasteiger partial charge in [0.15, 0.2) is 5.96 Å². The number of carboxylic acid groups (broad SMARTS) is 3. The van der Waals surface area contributed by atoms with Gasteiger partial charge in [-0.05, 0) is 63.4 Å². The zero-order valence-corrected chi connectivity index (χ0v) is 41.6. The number of nitrogens with zero attached hydrogens (tertiary/aromatic N) is 1. The molecule has 0 spiro atoms. The number of guanidine groups is 1. The van der Waals surface area contributed by atoms with Crippen molar-refractivity contribution in [3.8, 4) is 0 Å². The van der Waals surface area contributed by atoms with Crippen LogP contribution in [-0.2, 0) is 59.2 Å². The molecule has 0 aliphatic rings. The number of carboxylic acids is 3. The van der Waals surface area contributed by atoms with E-state index in [4.69, 9.17) is 17.2 Å². The summed E-state index contributed by atoms with van der Waals surface area (Å²) < 4.78 is 0. The van der Waals surface area contributed by atoms with Crippen molar-refractivity contribution in [3.63, 3.8) is 0 Å². The molecule has 0 aromatic heterocycles. The maximum atomic E-state index is 13.7. The fraction of sp³-hybridized carbons (Fsp3) is 0.600. The molecular weight excluding hydrogens is 965 g/mol. The lowest BCUT2D eigenvalue weighted by atomic mass is 10.0. The minimum absolute atomic E-state index is 0.0423. The Morgan fingerprint density at radius 1 is 0.575 bits per heavy atom. The van der Waals surface area contributed by atoms with Crippen molar-refractivity contribution < 1.29 is 78.3 Å². The summed E-state index contributed by atoms with van der Waals surface area (Å²) in [7, 11) is 0. The van der Waals surface area contributed by atoms with Crippen molar-refractivity contribution >= 4 is 71.1 Å². The highest BCUT2D eigenvalue weighted by Gasteiger charge is 2.36. The minimum atomic E-state index is -2.03. The molecule has 10 atom stereocenters. The molecule has 19 N–H and O–H groups in total. The van der Waals surface area contributed by atoms with Crippen LogP contribution in [0, 0.1) is 11.8 Å². The van der Waals surface area contributed by atoms with Crippen molar-refractivity contribution in [2.45, 2.75) is 147 Å². The second-order valence-electron chi connectivity index (χ2n) is 17.9. The van der Waals surface area contributed by atoms with Gasteiger partial charge < -0.3 is 85.3 Å². The van der Waals surface area contributed by atoms with Crippen molar-refractivity contribution in [2.75, 3.05) is 13.2 Å². The largest absolute Gasteiger partial charge is 0.481 e. The fourth-order valence-corrected chi connectivity index (χ4v) is 6.74. The maximum absolute atomic E-state index is 13.7. The summed E-state index contributed by atoms with van der Waals surface area (Å²) in [6.45, 7) is 7.71. The third-order valence-electron chi connectivity index (χ3n) is 10.7. The van der Waals surface area contributed by atoms with E-state index in [1.54, 1.807) is 44.2 Å². The van der Waals surface area contributed by atoms with Crippen LogP contribution in [-0.4, -0.2) is 170 Å². The lowest BCUT2D eigenvalue weighted by Gasteiger charge is -2.28. The number of aliphatic carboxylic acids is 3. The number of hydrogen-bond acceptors (Lipinski definition) is 15. The molecule has 28 heteroatoms. The van der Waals surface area contributed by atoms with Crippen LogP contribution >= 0.6 is 0 Å². The Bertz CT molecular complexity index is 2100. The Balaban J connectivity index is 3.32. The van der Waals surface area contributed by atoms with Gasteiger partial charge in [-0.1, -0.05) is 58.0 Å². The summed E-state index contributed by atoms with van der Waals surface area (Å²) in [4.78, 5) is 146. The predicted molar refractivity (Wildman–Crippen MR) is 259 cm³/mol. The minimum Gasteiger partial charge on any atom is -0.481 e. The van der Waals surface area contributed by atoms with Crippen LogP contribution in [0.2, 0.25) is 0 Å². The molecule has 1 aromatic rings. The number of aliphatic hydroxyl groups excluding tert-OH is 2. The van der Waals surface area contributed by atoms with E-state index in [1.165, 1.54) is 13.8 Å².